The van der Waals surface area contributed by atoms with Gasteiger partial charge < -0.3 is 9.47 Å². The molecule has 6 aromatic rings. The lowest BCUT2D eigenvalue weighted by molar-refractivity contribution is -0.163. The van der Waals surface area contributed by atoms with Crippen molar-refractivity contribution in [3.8, 4) is 16.9 Å². The monoisotopic (exact) mass is 782 g/mol. The van der Waals surface area contributed by atoms with E-state index >= 15 is 0 Å². The van der Waals surface area contributed by atoms with Gasteiger partial charge in [-0.25, -0.2) is 9.18 Å². The van der Waals surface area contributed by atoms with Crippen LogP contribution in [0.1, 0.15) is 26.3 Å². The number of carbonyl (C=O) groups excluding carboxylic acids is 1. The fourth-order valence-electron chi connectivity index (χ4n) is 5.23. The Balaban J connectivity index is 1.48. The molecule has 218 valence electrons. The minimum atomic E-state index is -0.954. The average molecular weight is 785 g/mol. The van der Waals surface area contributed by atoms with E-state index in [1.54, 1.807) is 23.5 Å². The number of rotatable bonds is 6. The zero-order valence-electron chi connectivity index (χ0n) is 23.5. The molecule has 0 amide bonds. The van der Waals surface area contributed by atoms with Crippen molar-refractivity contribution >= 4 is 96.0 Å². The van der Waals surface area contributed by atoms with Crippen LogP contribution in [0.25, 0.3) is 42.1 Å². The molecule has 0 fully saturated rings. The summed E-state index contributed by atoms with van der Waals surface area (Å²) in [4.78, 5) is 13.3. The van der Waals surface area contributed by atoms with Crippen LogP contribution >= 0.6 is 59.1 Å². The first-order valence-electron chi connectivity index (χ1n) is 13.6. The van der Waals surface area contributed by atoms with Crippen LogP contribution in [0.5, 0.6) is 5.75 Å². The van der Waals surface area contributed by atoms with E-state index in [4.69, 9.17) is 9.47 Å². The quantitative estimate of drug-likeness (QED) is 0.158. The van der Waals surface area contributed by atoms with E-state index in [9.17, 15) is 9.18 Å². The molecular weight excluding hydrogens is 759 g/mol. The van der Waals surface area contributed by atoms with Crippen molar-refractivity contribution in [1.82, 2.24) is 0 Å². The van der Waals surface area contributed by atoms with E-state index in [2.05, 4.69) is 96.3 Å². The molecule has 0 aliphatic heterocycles. The summed E-state index contributed by atoms with van der Waals surface area (Å²) in [5.41, 5.74) is 2.18. The molecule has 8 heteroatoms. The summed E-state index contributed by atoms with van der Waals surface area (Å²) in [6, 6.07) is 27.0. The van der Waals surface area contributed by atoms with Crippen molar-refractivity contribution in [3.63, 3.8) is 0 Å². The highest BCUT2D eigenvalue weighted by Gasteiger charge is 2.29. The van der Waals surface area contributed by atoms with E-state index in [1.807, 2.05) is 32.9 Å². The van der Waals surface area contributed by atoms with E-state index < -0.39 is 17.7 Å². The van der Waals surface area contributed by atoms with Gasteiger partial charge in [-0.05, 0) is 126 Å². The van der Waals surface area contributed by atoms with E-state index in [0.717, 1.165) is 31.9 Å². The standard InChI is InChI=1S/C35H26Br3FO3S/c1-35(2,3)42-34(40)27(16-19-12-14-21(39)15-13-19)41-32-25(36)17-20(18-26(32)37)29-22-8-4-5-9-23(22)31(38)33-30(29)24-10-6-7-11-28(24)43-33/h4-15,17-18,27H,16H2,1-3H3. The van der Waals surface area contributed by atoms with E-state index in [-0.39, 0.29) is 12.2 Å². The molecule has 0 bridgehead atoms. The number of esters is 1. The number of fused-ring (bicyclic) bond motifs is 4. The maximum absolute atomic E-state index is 13.6. The summed E-state index contributed by atoms with van der Waals surface area (Å²) in [6.45, 7) is 5.45. The van der Waals surface area contributed by atoms with Crippen molar-refractivity contribution in [1.29, 1.82) is 0 Å². The molecule has 0 N–H and O–H groups in total. The fraction of sp³-hybridized carbons (Fsp3) is 0.171. The van der Waals surface area contributed by atoms with Crippen LogP contribution in [0.3, 0.4) is 0 Å². The minimum absolute atomic E-state index is 0.217. The molecule has 1 aromatic heterocycles. The average Bonchev–Trinajstić information content (AvgIpc) is 3.34. The van der Waals surface area contributed by atoms with Gasteiger partial charge in [0.15, 0.2) is 6.10 Å². The first-order chi connectivity index (χ1) is 20.5. The van der Waals surface area contributed by atoms with Crippen molar-refractivity contribution in [3.05, 3.63) is 110 Å². The zero-order chi connectivity index (χ0) is 30.5. The Morgan fingerprint density at radius 1 is 0.860 bits per heavy atom. The minimum Gasteiger partial charge on any atom is -0.476 e. The van der Waals surface area contributed by atoms with Crippen LogP contribution in [0, 0.1) is 5.82 Å². The van der Waals surface area contributed by atoms with Gasteiger partial charge in [0.1, 0.15) is 17.2 Å². The molecule has 5 aromatic carbocycles. The van der Waals surface area contributed by atoms with Gasteiger partial charge in [-0.2, -0.15) is 0 Å². The molecule has 0 radical (unpaired) electrons. The van der Waals surface area contributed by atoms with Crippen molar-refractivity contribution < 1.29 is 18.7 Å². The smallest absolute Gasteiger partial charge is 0.348 e. The summed E-state index contributed by atoms with van der Waals surface area (Å²) >= 11 is 13.2. The number of thiophene rings is 1. The summed E-state index contributed by atoms with van der Waals surface area (Å²) in [5, 5.41) is 4.64. The van der Waals surface area contributed by atoms with Crippen LogP contribution < -0.4 is 4.74 Å². The molecule has 1 atom stereocenters. The molecule has 3 nitrogen and oxygen atoms in total. The second-order valence-corrected chi connectivity index (χ2v) is 14.8. The number of carbonyl (C=O) groups is 1. The Kier molecular flexibility index (Phi) is 8.41. The highest BCUT2D eigenvalue weighted by atomic mass is 79.9. The summed E-state index contributed by atoms with van der Waals surface area (Å²) in [6.07, 6.45) is -0.738. The normalized spacial score (nSPS) is 12.6. The topological polar surface area (TPSA) is 35.5 Å². The predicted molar refractivity (Wildman–Crippen MR) is 186 cm³/mol. The van der Waals surface area contributed by atoms with E-state index in [0.29, 0.717) is 14.7 Å². The Morgan fingerprint density at radius 3 is 2.12 bits per heavy atom. The van der Waals surface area contributed by atoms with Gasteiger partial charge in [0.25, 0.3) is 0 Å². The van der Waals surface area contributed by atoms with Gasteiger partial charge in [-0.1, -0.05) is 54.6 Å². The van der Waals surface area contributed by atoms with Gasteiger partial charge in [0.05, 0.1) is 13.6 Å². The van der Waals surface area contributed by atoms with Crippen LogP contribution in [0.2, 0.25) is 0 Å². The number of hydrogen-bond donors (Lipinski definition) is 0. The summed E-state index contributed by atoms with van der Waals surface area (Å²) < 4.78 is 30.5. The zero-order valence-corrected chi connectivity index (χ0v) is 29.1. The highest BCUT2D eigenvalue weighted by molar-refractivity contribution is 9.11. The Morgan fingerprint density at radius 2 is 1.47 bits per heavy atom. The third-order valence-electron chi connectivity index (χ3n) is 7.03. The van der Waals surface area contributed by atoms with Crippen LogP contribution in [-0.4, -0.2) is 17.7 Å². The Bertz CT molecular complexity index is 1990. The largest absolute Gasteiger partial charge is 0.476 e. The molecule has 0 aliphatic carbocycles. The molecule has 1 heterocycles. The lowest BCUT2D eigenvalue weighted by atomic mass is 9.93. The number of hydrogen-bond acceptors (Lipinski definition) is 4. The third kappa shape index (κ3) is 6.12. The van der Waals surface area contributed by atoms with Crippen molar-refractivity contribution in [2.75, 3.05) is 0 Å². The van der Waals surface area contributed by atoms with Gasteiger partial charge in [0, 0.05) is 26.4 Å². The first-order valence-corrected chi connectivity index (χ1v) is 16.8. The first kappa shape index (κ1) is 30.3. The van der Waals surface area contributed by atoms with Gasteiger partial charge in [-0.15, -0.1) is 11.3 Å². The molecule has 0 aliphatic rings. The molecule has 6 rings (SSSR count). The molecule has 1 unspecified atom stereocenters. The second-order valence-electron chi connectivity index (χ2n) is 11.3. The third-order valence-corrected chi connectivity index (χ3v) is 10.5. The Hall–Kier alpha value is -2.78. The van der Waals surface area contributed by atoms with E-state index in [1.165, 1.54) is 32.3 Å². The lowest BCUT2D eigenvalue weighted by Gasteiger charge is -2.25. The number of ether oxygens (including phenoxy) is 2. The van der Waals surface area contributed by atoms with Crippen LogP contribution in [0.4, 0.5) is 4.39 Å². The maximum Gasteiger partial charge on any atom is 0.348 e. The van der Waals surface area contributed by atoms with Gasteiger partial charge in [-0.3, -0.25) is 0 Å². The van der Waals surface area contributed by atoms with Crippen LogP contribution in [-0.2, 0) is 16.0 Å². The summed E-state index contributed by atoms with van der Waals surface area (Å²) in [5.74, 6) is -0.354. The molecule has 0 saturated carbocycles. The number of halogens is 4. The fourth-order valence-corrected chi connectivity index (χ4v) is 8.55. The SMILES string of the molecule is CC(C)(C)OC(=O)C(Cc1ccc(F)cc1)Oc1c(Br)cc(-c2c3ccccc3c(Br)c3sc4ccccc4c23)cc1Br. The lowest BCUT2D eigenvalue weighted by Crippen LogP contribution is -2.37. The Labute approximate surface area is 278 Å². The van der Waals surface area contributed by atoms with Gasteiger partial charge >= 0.3 is 5.97 Å². The van der Waals surface area contributed by atoms with Crippen molar-refractivity contribution in [2.45, 2.75) is 38.9 Å². The van der Waals surface area contributed by atoms with Crippen molar-refractivity contribution in [2.24, 2.45) is 0 Å². The predicted octanol–water partition coefficient (Wildman–Crippen LogP) is 11.6. The molecular formula is C35H26Br3FO3S. The maximum atomic E-state index is 13.6. The molecule has 0 saturated heterocycles. The van der Waals surface area contributed by atoms with Crippen LogP contribution in [0.15, 0.2) is 98.3 Å². The molecule has 0 spiro atoms. The summed E-state index contributed by atoms with van der Waals surface area (Å²) in [7, 11) is 0. The van der Waals surface area contributed by atoms with Gasteiger partial charge in [0.2, 0.25) is 0 Å². The second kappa shape index (κ2) is 12.0. The highest BCUT2D eigenvalue weighted by Crippen LogP contribution is 2.50. The molecule has 43 heavy (non-hydrogen) atoms. The number of benzene rings is 5.